The zero-order valence-electron chi connectivity index (χ0n) is 3.50. The maximum Gasteiger partial charge on any atom is 1.00 e. The molecule has 40 valence electrons. The monoisotopic (exact) mass is 184 g/mol. The van der Waals surface area contributed by atoms with Gasteiger partial charge in [-0.2, -0.15) is 0 Å². The van der Waals surface area contributed by atoms with Gasteiger partial charge >= 0.3 is 29.6 Å². The fourth-order valence-corrected chi connectivity index (χ4v) is 0. The van der Waals surface area contributed by atoms with Crippen LogP contribution in [0.5, 0.6) is 0 Å². The van der Waals surface area contributed by atoms with Crippen molar-refractivity contribution in [3.05, 3.63) is 0 Å². The first-order valence-electron chi connectivity index (χ1n) is 0.663. The van der Waals surface area contributed by atoms with Gasteiger partial charge in [0.2, 0.25) is 14.8 Å². The van der Waals surface area contributed by atoms with Crippen LogP contribution in [0.25, 0.3) is 0 Å². The molecule has 0 saturated heterocycles. The maximum absolute atomic E-state index is 8.52. The van der Waals surface area contributed by atoms with Crippen molar-refractivity contribution in [1.82, 2.24) is 0 Å². The molecule has 0 aromatic rings. The Morgan fingerprint density at radius 1 is 1.00 bits per heavy atom. The second-order valence-electron chi connectivity index (χ2n) is 0.189. The minimum absolute atomic E-state index is 0. The van der Waals surface area contributed by atoms with Gasteiger partial charge < -0.3 is 12.6 Å². The second-order valence-corrected chi connectivity index (χ2v) is 0.982. The molecule has 0 aliphatic rings. The van der Waals surface area contributed by atoms with E-state index >= 15 is 0 Å². The van der Waals surface area contributed by atoms with E-state index in [4.69, 9.17) is 23.1 Å². The molecule has 7 heavy (non-hydrogen) atoms. The third-order valence-corrected chi connectivity index (χ3v) is 0. The van der Waals surface area contributed by atoms with Gasteiger partial charge in [-0.3, -0.25) is 10.5 Å². The number of hydrogen-bond donors (Lipinski definition) is 2. The Bertz CT molecular complexity index is 12.8. The largest absolute Gasteiger partial charge is 1.00 e. The average molecular weight is 185 g/mol. The fourth-order valence-electron chi connectivity index (χ4n) is 0. The molecule has 0 heterocycles. The van der Waals surface area contributed by atoms with Crippen LogP contribution in [0.1, 0.15) is 0 Å². The SMILES string of the molecule is OO.[Na+].[O-][Br+2]([O-])[O-]. The molecule has 0 aliphatic carbocycles. The summed E-state index contributed by atoms with van der Waals surface area (Å²) in [6.45, 7) is 0. The van der Waals surface area contributed by atoms with Crippen molar-refractivity contribution in [3.63, 3.8) is 0 Å². The fraction of sp³-hybridized carbons (Fsp3) is 0. The van der Waals surface area contributed by atoms with E-state index in [1.54, 1.807) is 0 Å². The molecule has 2 N–H and O–H groups in total. The van der Waals surface area contributed by atoms with Crippen molar-refractivity contribution in [2.24, 2.45) is 0 Å². The molecule has 0 radical (unpaired) electrons. The molecular formula is H2BrNaO5. The molecule has 0 atom stereocenters. The topological polar surface area (TPSA) is 110 Å². The van der Waals surface area contributed by atoms with E-state index in [1.807, 2.05) is 0 Å². The smallest absolute Gasteiger partial charge is 0.405 e. The van der Waals surface area contributed by atoms with Crippen LogP contribution in [-0.4, -0.2) is 10.5 Å². The summed E-state index contributed by atoms with van der Waals surface area (Å²) in [7, 11) is 0. The van der Waals surface area contributed by atoms with Crippen molar-refractivity contribution < 1.29 is 67.5 Å². The zero-order valence-corrected chi connectivity index (χ0v) is 7.08. The zero-order chi connectivity index (χ0) is 5.58. The van der Waals surface area contributed by atoms with Crippen LogP contribution in [0.15, 0.2) is 0 Å². The van der Waals surface area contributed by atoms with Crippen LogP contribution in [0, 0.1) is 14.8 Å². The first-order chi connectivity index (χ1) is 2.73. The van der Waals surface area contributed by atoms with Crippen molar-refractivity contribution in [2.75, 3.05) is 0 Å². The summed E-state index contributed by atoms with van der Waals surface area (Å²) >= 11 is -3.65. The van der Waals surface area contributed by atoms with Crippen molar-refractivity contribution in [1.29, 1.82) is 0 Å². The van der Waals surface area contributed by atoms with E-state index in [1.165, 1.54) is 0 Å². The van der Waals surface area contributed by atoms with Gasteiger partial charge in [0.15, 0.2) is 0 Å². The minimum Gasteiger partial charge on any atom is -0.405 e. The molecule has 0 unspecified atom stereocenters. The molecule has 0 amide bonds. The van der Waals surface area contributed by atoms with Gasteiger partial charge in [-0.05, 0) is 0 Å². The Hall–Kier alpha value is 1.28. The van der Waals surface area contributed by atoms with Gasteiger partial charge in [0, 0.05) is 0 Å². The quantitative estimate of drug-likeness (QED) is 0.221. The second kappa shape index (κ2) is 15.7. The van der Waals surface area contributed by atoms with E-state index in [9.17, 15) is 0 Å². The van der Waals surface area contributed by atoms with Crippen molar-refractivity contribution in [3.8, 4) is 0 Å². The van der Waals surface area contributed by atoms with Gasteiger partial charge in [0.1, 0.15) is 0 Å². The third kappa shape index (κ3) is 124. The van der Waals surface area contributed by atoms with E-state index < -0.39 is 14.8 Å². The summed E-state index contributed by atoms with van der Waals surface area (Å²) in [5.74, 6) is 0. The number of hydrogen-bond acceptors (Lipinski definition) is 5. The molecule has 7 heteroatoms. The van der Waals surface area contributed by atoms with Gasteiger partial charge in [-0.15, -0.1) is 0 Å². The molecule has 5 nitrogen and oxygen atoms in total. The molecule has 0 fully saturated rings. The summed E-state index contributed by atoms with van der Waals surface area (Å²) in [5, 5.41) is 12.0. The standard InChI is InChI=1S/BrO3.Na.H2O2/c2-1(3)4;;1-2/h;;1-2H/q-1;+1;. The van der Waals surface area contributed by atoms with Crippen LogP contribution in [0.3, 0.4) is 0 Å². The molecule has 0 aromatic carbocycles. The molecule has 0 saturated carbocycles. The number of rotatable bonds is 0. The molecule has 0 aliphatic heterocycles. The van der Waals surface area contributed by atoms with E-state index in [0.29, 0.717) is 0 Å². The van der Waals surface area contributed by atoms with Crippen molar-refractivity contribution >= 4 is 0 Å². The predicted octanol–water partition coefficient (Wildman–Crippen LogP) is -6.55. The Balaban J connectivity index is -0.0000000480. The summed E-state index contributed by atoms with van der Waals surface area (Å²) in [5.41, 5.74) is 0. The summed E-state index contributed by atoms with van der Waals surface area (Å²) in [6.07, 6.45) is 0. The van der Waals surface area contributed by atoms with Gasteiger partial charge in [-0.25, -0.2) is 0 Å². The maximum atomic E-state index is 8.52. The van der Waals surface area contributed by atoms with Crippen LogP contribution in [0.4, 0.5) is 0 Å². The Morgan fingerprint density at radius 3 is 1.00 bits per heavy atom. The average Bonchev–Trinajstić information content (AvgIpc) is 1.41. The van der Waals surface area contributed by atoms with Crippen LogP contribution in [-0.2, 0) is 0 Å². The van der Waals surface area contributed by atoms with Gasteiger partial charge in [0.05, 0.1) is 0 Å². The van der Waals surface area contributed by atoms with E-state index in [0.717, 1.165) is 0 Å². The Morgan fingerprint density at radius 2 is 1.00 bits per heavy atom. The summed E-state index contributed by atoms with van der Waals surface area (Å²) in [6, 6.07) is 0. The Labute approximate surface area is 67.3 Å². The molecule has 0 aromatic heterocycles. The summed E-state index contributed by atoms with van der Waals surface area (Å²) in [4.78, 5) is 0. The molecule has 0 bridgehead atoms. The van der Waals surface area contributed by atoms with E-state index in [2.05, 4.69) is 0 Å². The first kappa shape index (κ1) is 15.7. The third-order valence-electron chi connectivity index (χ3n) is 0. The molecule has 0 spiro atoms. The molecule has 0 rings (SSSR count). The van der Waals surface area contributed by atoms with Crippen LogP contribution in [0.2, 0.25) is 0 Å². The summed E-state index contributed by atoms with van der Waals surface area (Å²) < 4.78 is 25.6. The minimum atomic E-state index is -3.65. The molecular weight excluding hydrogens is 183 g/mol. The van der Waals surface area contributed by atoms with Gasteiger partial charge in [-0.1, -0.05) is 0 Å². The van der Waals surface area contributed by atoms with Crippen molar-refractivity contribution in [2.45, 2.75) is 0 Å². The van der Waals surface area contributed by atoms with Crippen LogP contribution < -0.4 is 42.2 Å². The normalized spacial score (nSPS) is 6.00. The predicted molar refractivity (Wildman–Crippen MR) is 5.26 cm³/mol. The number of halogens is 1. The Kier molecular flexibility index (Phi) is 35.2. The van der Waals surface area contributed by atoms with Gasteiger partial charge in [0.25, 0.3) is 0 Å². The van der Waals surface area contributed by atoms with E-state index in [-0.39, 0.29) is 29.6 Å². The van der Waals surface area contributed by atoms with Crippen LogP contribution >= 0.6 is 0 Å². The first-order valence-corrected chi connectivity index (χ1v) is 2.61.